The van der Waals surface area contributed by atoms with Gasteiger partial charge in [0.05, 0.1) is 5.02 Å². The van der Waals surface area contributed by atoms with E-state index in [0.717, 1.165) is 0 Å². The molecule has 0 aromatic heterocycles. The molecule has 1 rings (SSSR count). The Hall–Kier alpha value is -0.850. The molecule has 0 N–H and O–H groups in total. The van der Waals surface area contributed by atoms with Gasteiger partial charge >= 0.3 is 30.7 Å². The Labute approximate surface area is 111 Å². The van der Waals surface area contributed by atoms with Crippen molar-refractivity contribution >= 4 is 42.3 Å². The van der Waals surface area contributed by atoms with Crippen LogP contribution in [0.3, 0.4) is 0 Å². The summed E-state index contributed by atoms with van der Waals surface area (Å²) in [5, 5.41) is -1.42. The zero-order valence-corrected chi connectivity index (χ0v) is 11.5. The van der Waals surface area contributed by atoms with Gasteiger partial charge in [-0.1, -0.05) is 11.6 Å². The summed E-state index contributed by atoms with van der Waals surface area (Å²) >= 11 is 5.14. The standard InChI is InChI=1S/C6H2ClF3O6S3/c7-6-4(18(9,13)14)1-3(17(8,11)12)2-5(6)19(10,15)16/h1-2H. The maximum absolute atomic E-state index is 12.8. The third-order valence-corrected chi connectivity index (χ3v) is 4.91. The fourth-order valence-corrected chi connectivity index (χ4v) is 3.62. The molecule has 6 nitrogen and oxygen atoms in total. The summed E-state index contributed by atoms with van der Waals surface area (Å²) < 4.78 is 102. The fraction of sp³-hybridized carbons (Fsp3) is 0. The molecule has 0 atom stereocenters. The molecular weight excluding hydrogens is 357 g/mol. The first-order valence-electron chi connectivity index (χ1n) is 3.92. The van der Waals surface area contributed by atoms with Crippen molar-refractivity contribution in [2.24, 2.45) is 0 Å². The molecule has 108 valence electrons. The lowest BCUT2D eigenvalue weighted by atomic mass is 10.3. The van der Waals surface area contributed by atoms with E-state index >= 15 is 0 Å². The van der Waals surface area contributed by atoms with Gasteiger partial charge in [-0.3, -0.25) is 0 Å². The number of hydrogen-bond acceptors (Lipinski definition) is 6. The summed E-state index contributed by atoms with van der Waals surface area (Å²) in [6.07, 6.45) is 0. The van der Waals surface area contributed by atoms with Crippen LogP contribution in [0, 0.1) is 0 Å². The van der Waals surface area contributed by atoms with E-state index in [9.17, 15) is 36.9 Å². The van der Waals surface area contributed by atoms with Gasteiger partial charge < -0.3 is 0 Å². The Morgan fingerprint density at radius 1 is 0.737 bits per heavy atom. The molecular formula is C6H2ClF3O6S3. The van der Waals surface area contributed by atoms with Crippen LogP contribution in [-0.4, -0.2) is 25.3 Å². The molecule has 0 radical (unpaired) electrons. The minimum Gasteiger partial charge on any atom is -0.189 e. The first-order valence-corrected chi connectivity index (χ1v) is 8.45. The molecule has 0 fully saturated rings. The molecule has 0 aliphatic heterocycles. The topological polar surface area (TPSA) is 102 Å². The molecule has 0 saturated heterocycles. The van der Waals surface area contributed by atoms with Crippen LogP contribution < -0.4 is 0 Å². The molecule has 0 heterocycles. The Morgan fingerprint density at radius 3 is 1.26 bits per heavy atom. The van der Waals surface area contributed by atoms with Crippen molar-refractivity contribution in [1.29, 1.82) is 0 Å². The van der Waals surface area contributed by atoms with E-state index in [1.54, 1.807) is 0 Å². The summed E-state index contributed by atoms with van der Waals surface area (Å²) in [6, 6.07) is -0.136. The molecule has 1 aromatic rings. The zero-order chi connectivity index (χ0) is 15.2. The van der Waals surface area contributed by atoms with Gasteiger partial charge in [0, 0.05) is 0 Å². The van der Waals surface area contributed by atoms with Crippen LogP contribution >= 0.6 is 11.6 Å². The first kappa shape index (κ1) is 16.2. The second-order valence-electron chi connectivity index (χ2n) is 3.05. The van der Waals surface area contributed by atoms with E-state index in [-0.39, 0.29) is 12.1 Å². The van der Waals surface area contributed by atoms with Crippen LogP contribution in [0.5, 0.6) is 0 Å². The van der Waals surface area contributed by atoms with Crippen molar-refractivity contribution in [2.45, 2.75) is 14.7 Å². The van der Waals surface area contributed by atoms with Gasteiger partial charge in [0.2, 0.25) is 0 Å². The summed E-state index contributed by atoms with van der Waals surface area (Å²) in [5.74, 6) is 0. The van der Waals surface area contributed by atoms with E-state index in [2.05, 4.69) is 0 Å². The van der Waals surface area contributed by atoms with Gasteiger partial charge in [0.1, 0.15) is 14.7 Å². The van der Waals surface area contributed by atoms with Crippen LogP contribution in [0.1, 0.15) is 0 Å². The average Bonchev–Trinajstić information content (AvgIpc) is 2.11. The van der Waals surface area contributed by atoms with Gasteiger partial charge in [-0.25, -0.2) is 0 Å². The zero-order valence-electron chi connectivity index (χ0n) is 8.34. The monoisotopic (exact) mass is 358 g/mol. The average molecular weight is 359 g/mol. The van der Waals surface area contributed by atoms with E-state index in [0.29, 0.717) is 0 Å². The highest BCUT2D eigenvalue weighted by atomic mass is 35.5. The second kappa shape index (κ2) is 4.61. The molecule has 0 saturated carbocycles. The highest BCUT2D eigenvalue weighted by Crippen LogP contribution is 2.34. The second-order valence-corrected chi connectivity index (χ2v) is 7.40. The predicted molar refractivity (Wildman–Crippen MR) is 56.3 cm³/mol. The quantitative estimate of drug-likeness (QED) is 0.755. The SMILES string of the molecule is O=S(=O)(F)c1cc(S(=O)(=O)F)c(Cl)c(S(=O)(=O)F)c1. The third-order valence-electron chi connectivity index (χ3n) is 1.79. The Balaban J connectivity index is 4.00. The van der Waals surface area contributed by atoms with E-state index < -0.39 is 50.4 Å². The third kappa shape index (κ3) is 3.58. The summed E-state index contributed by atoms with van der Waals surface area (Å²) in [7, 11) is -17.0. The summed E-state index contributed by atoms with van der Waals surface area (Å²) in [5.41, 5.74) is 0. The normalized spacial score (nSPS) is 13.5. The van der Waals surface area contributed by atoms with E-state index in [1.165, 1.54) is 0 Å². The van der Waals surface area contributed by atoms with Crippen molar-refractivity contribution in [2.75, 3.05) is 0 Å². The lowest BCUT2D eigenvalue weighted by molar-refractivity contribution is 0.547. The van der Waals surface area contributed by atoms with Gasteiger partial charge in [0.15, 0.2) is 0 Å². The summed E-state index contributed by atoms with van der Waals surface area (Å²) in [6.45, 7) is 0. The van der Waals surface area contributed by atoms with E-state index in [4.69, 9.17) is 11.6 Å². The van der Waals surface area contributed by atoms with Gasteiger partial charge in [-0.05, 0) is 12.1 Å². The lowest BCUT2D eigenvalue weighted by Gasteiger charge is -2.05. The van der Waals surface area contributed by atoms with Gasteiger partial charge in [0.25, 0.3) is 0 Å². The van der Waals surface area contributed by atoms with Crippen LogP contribution in [0.4, 0.5) is 11.7 Å². The Bertz CT molecular complexity index is 789. The predicted octanol–water partition coefficient (Wildman–Crippen LogP) is 1.31. The van der Waals surface area contributed by atoms with Crippen LogP contribution in [-0.2, 0) is 30.7 Å². The number of hydrogen-bond donors (Lipinski definition) is 0. The molecule has 19 heavy (non-hydrogen) atoms. The molecule has 0 spiro atoms. The minimum absolute atomic E-state index is 0.0678. The minimum atomic E-state index is -5.69. The van der Waals surface area contributed by atoms with E-state index in [1.807, 2.05) is 0 Å². The maximum Gasteiger partial charge on any atom is 0.333 e. The van der Waals surface area contributed by atoms with Crippen LogP contribution in [0.2, 0.25) is 5.02 Å². The molecule has 0 aliphatic carbocycles. The molecule has 0 aliphatic rings. The maximum atomic E-state index is 12.8. The Morgan fingerprint density at radius 2 is 1.05 bits per heavy atom. The fourth-order valence-electron chi connectivity index (χ4n) is 1.04. The van der Waals surface area contributed by atoms with Crippen molar-refractivity contribution < 1.29 is 36.9 Å². The van der Waals surface area contributed by atoms with Gasteiger partial charge in [-0.2, -0.15) is 25.3 Å². The van der Waals surface area contributed by atoms with Crippen molar-refractivity contribution in [3.63, 3.8) is 0 Å². The summed E-state index contributed by atoms with van der Waals surface area (Å²) in [4.78, 5) is -4.92. The first-order chi connectivity index (χ1) is 8.24. The highest BCUT2D eigenvalue weighted by Gasteiger charge is 2.29. The number of benzene rings is 1. The van der Waals surface area contributed by atoms with Crippen molar-refractivity contribution in [3.05, 3.63) is 17.2 Å². The number of halogens is 4. The molecule has 0 unspecified atom stereocenters. The largest absolute Gasteiger partial charge is 0.333 e. The van der Waals surface area contributed by atoms with Gasteiger partial charge in [-0.15, -0.1) is 11.7 Å². The highest BCUT2D eigenvalue weighted by molar-refractivity contribution is 7.88. The van der Waals surface area contributed by atoms with Crippen molar-refractivity contribution in [1.82, 2.24) is 0 Å². The number of rotatable bonds is 3. The molecule has 13 heteroatoms. The van der Waals surface area contributed by atoms with Crippen molar-refractivity contribution in [3.8, 4) is 0 Å². The smallest absolute Gasteiger partial charge is 0.189 e. The van der Waals surface area contributed by atoms with Crippen LogP contribution in [0.15, 0.2) is 26.8 Å². The molecule has 0 amide bonds. The molecule has 1 aromatic carbocycles. The Kier molecular flexibility index (Phi) is 3.93. The molecule has 0 bridgehead atoms. The van der Waals surface area contributed by atoms with Crippen LogP contribution in [0.25, 0.3) is 0 Å². The lowest BCUT2D eigenvalue weighted by Crippen LogP contribution is -2.04.